The van der Waals surface area contributed by atoms with Crippen molar-refractivity contribution in [3.63, 3.8) is 0 Å². The molecule has 1 aromatic carbocycles. The molecule has 1 atom stereocenters. The van der Waals surface area contributed by atoms with Crippen molar-refractivity contribution in [3.05, 3.63) is 40.3 Å². The summed E-state index contributed by atoms with van der Waals surface area (Å²) in [6, 6.07) is 7.14. The van der Waals surface area contributed by atoms with Gasteiger partial charge < -0.3 is 20.5 Å². The Bertz CT molecular complexity index is 969. The van der Waals surface area contributed by atoms with E-state index in [9.17, 15) is 14.4 Å². The van der Waals surface area contributed by atoms with E-state index in [2.05, 4.69) is 10.6 Å². The van der Waals surface area contributed by atoms with E-state index < -0.39 is 5.97 Å². The number of aliphatic carboxylic acids is 1. The monoisotopic (exact) mass is 444 g/mol. The highest BCUT2D eigenvalue weighted by atomic mass is 32.1. The van der Waals surface area contributed by atoms with Crippen LogP contribution in [-0.2, 0) is 22.4 Å². The van der Waals surface area contributed by atoms with E-state index in [4.69, 9.17) is 9.84 Å². The summed E-state index contributed by atoms with van der Waals surface area (Å²) < 4.78 is 5.23. The normalized spacial score (nSPS) is 14.1. The molecule has 1 aromatic heterocycles. The summed E-state index contributed by atoms with van der Waals surface area (Å²) in [7, 11) is 1.57. The number of aryl methyl sites for hydroxylation is 1. The Morgan fingerprint density at radius 3 is 2.65 bits per heavy atom. The molecule has 166 valence electrons. The van der Waals surface area contributed by atoms with Gasteiger partial charge in [0, 0.05) is 29.5 Å². The van der Waals surface area contributed by atoms with Gasteiger partial charge in [-0.3, -0.25) is 14.4 Å². The number of methoxy groups -OCH3 is 1. The number of hydrogen-bond donors (Lipinski definition) is 3. The second-order valence-electron chi connectivity index (χ2n) is 7.91. The van der Waals surface area contributed by atoms with Crippen molar-refractivity contribution in [2.24, 2.45) is 5.92 Å². The minimum Gasteiger partial charge on any atom is -0.497 e. The lowest BCUT2D eigenvalue weighted by Gasteiger charge is -2.12. The highest BCUT2D eigenvalue weighted by Crippen LogP contribution is 2.38. The molecule has 1 aliphatic carbocycles. The maximum atomic E-state index is 13.3. The lowest BCUT2D eigenvalue weighted by atomic mass is 10.0. The Morgan fingerprint density at radius 2 is 1.90 bits per heavy atom. The quantitative estimate of drug-likeness (QED) is 0.511. The summed E-state index contributed by atoms with van der Waals surface area (Å²) in [5, 5.41) is 15.3. The molecule has 7 nitrogen and oxygen atoms in total. The zero-order valence-corrected chi connectivity index (χ0v) is 18.6. The fraction of sp³-hybridized carbons (Fsp3) is 0.435. The molecule has 0 radical (unpaired) electrons. The number of nitrogens with one attached hydrogen (secondary N) is 2. The zero-order valence-electron chi connectivity index (χ0n) is 17.8. The van der Waals surface area contributed by atoms with Crippen molar-refractivity contribution in [2.45, 2.75) is 51.9 Å². The van der Waals surface area contributed by atoms with E-state index in [0.29, 0.717) is 22.0 Å². The van der Waals surface area contributed by atoms with Crippen LogP contribution < -0.4 is 15.4 Å². The van der Waals surface area contributed by atoms with E-state index in [-0.39, 0.29) is 30.6 Å². The molecule has 3 N–H and O–H groups in total. The molecule has 1 heterocycles. The fourth-order valence-electron chi connectivity index (χ4n) is 3.83. The summed E-state index contributed by atoms with van der Waals surface area (Å²) in [5.74, 6) is -1.11. The minimum atomic E-state index is -0.929. The summed E-state index contributed by atoms with van der Waals surface area (Å²) in [6.07, 6.45) is 4.90. The average molecular weight is 445 g/mol. The van der Waals surface area contributed by atoms with Crippen molar-refractivity contribution < 1.29 is 24.2 Å². The van der Waals surface area contributed by atoms with E-state index in [1.54, 1.807) is 38.3 Å². The number of carbonyl (C=O) groups excluding carboxylic acids is 2. The molecule has 0 fully saturated rings. The van der Waals surface area contributed by atoms with E-state index in [1.165, 1.54) is 11.3 Å². The van der Waals surface area contributed by atoms with Crippen molar-refractivity contribution in [3.8, 4) is 5.75 Å². The third-order valence-corrected chi connectivity index (χ3v) is 6.49. The highest BCUT2D eigenvalue weighted by Gasteiger charge is 2.26. The Morgan fingerprint density at radius 1 is 1.13 bits per heavy atom. The van der Waals surface area contributed by atoms with Crippen molar-refractivity contribution >= 4 is 39.8 Å². The maximum Gasteiger partial charge on any atom is 0.303 e. The van der Waals surface area contributed by atoms with Gasteiger partial charge in [0.05, 0.1) is 12.7 Å². The Kier molecular flexibility index (Phi) is 7.68. The topological polar surface area (TPSA) is 105 Å². The molecule has 0 bridgehead atoms. The summed E-state index contributed by atoms with van der Waals surface area (Å²) in [6.45, 7) is 1.73. The number of hydrogen-bond acceptors (Lipinski definition) is 5. The molecule has 2 aromatic rings. The first-order chi connectivity index (χ1) is 14.9. The van der Waals surface area contributed by atoms with E-state index in [0.717, 1.165) is 42.5 Å². The van der Waals surface area contributed by atoms with Crippen LogP contribution in [0.1, 0.15) is 59.8 Å². The van der Waals surface area contributed by atoms with Gasteiger partial charge in [0.25, 0.3) is 5.91 Å². The van der Waals surface area contributed by atoms with Crippen molar-refractivity contribution in [2.75, 3.05) is 17.7 Å². The molecule has 0 saturated carbocycles. The van der Waals surface area contributed by atoms with Crippen LogP contribution in [0, 0.1) is 5.92 Å². The summed E-state index contributed by atoms with van der Waals surface area (Å²) >= 11 is 1.46. The molecule has 0 aliphatic heterocycles. The molecule has 31 heavy (non-hydrogen) atoms. The third-order valence-electron chi connectivity index (χ3n) is 5.29. The predicted octanol–water partition coefficient (Wildman–Crippen LogP) is 4.72. The standard InChI is InChI=1S/C23H28N2O5S/c1-14(12-20(27)28)11-19(26)25-23-21(17-9-4-3-5-10-18(17)31-23)22(29)24-15-7-6-8-16(13-15)30-2/h6-8,13-14H,3-5,9-12H2,1-2H3,(H,24,29)(H,25,26)(H,27,28)/t14-/m1/s1. The Labute approximate surface area is 185 Å². The fourth-order valence-corrected chi connectivity index (χ4v) is 5.13. The van der Waals surface area contributed by atoms with Crippen LogP contribution in [0.15, 0.2) is 24.3 Å². The number of anilines is 2. The molecule has 1 aliphatic rings. The molecule has 3 rings (SSSR count). The molecule has 2 amide bonds. The number of amides is 2. The van der Waals surface area contributed by atoms with Crippen LogP contribution in [0.2, 0.25) is 0 Å². The van der Waals surface area contributed by atoms with Gasteiger partial charge in [0.2, 0.25) is 5.91 Å². The smallest absolute Gasteiger partial charge is 0.303 e. The minimum absolute atomic E-state index is 0.0719. The van der Waals surface area contributed by atoms with E-state index in [1.807, 2.05) is 0 Å². The predicted molar refractivity (Wildman–Crippen MR) is 121 cm³/mol. The Balaban J connectivity index is 1.84. The first-order valence-electron chi connectivity index (χ1n) is 10.5. The number of thiophene rings is 1. The lowest BCUT2D eigenvalue weighted by molar-refractivity contribution is -0.138. The number of carboxylic acid groups (broad SMARTS) is 1. The van der Waals surface area contributed by atoms with Gasteiger partial charge in [-0.25, -0.2) is 0 Å². The van der Waals surface area contributed by atoms with Crippen LogP contribution in [0.25, 0.3) is 0 Å². The van der Waals surface area contributed by atoms with Gasteiger partial charge >= 0.3 is 5.97 Å². The van der Waals surface area contributed by atoms with Gasteiger partial charge in [0.1, 0.15) is 10.8 Å². The van der Waals surface area contributed by atoms with Gasteiger partial charge in [-0.2, -0.15) is 0 Å². The largest absolute Gasteiger partial charge is 0.497 e. The zero-order chi connectivity index (χ0) is 22.4. The summed E-state index contributed by atoms with van der Waals surface area (Å²) in [5.41, 5.74) is 2.14. The van der Waals surface area contributed by atoms with Gasteiger partial charge in [-0.1, -0.05) is 19.4 Å². The SMILES string of the molecule is COc1cccc(NC(=O)c2c(NC(=O)C[C@@H](C)CC(=O)O)sc3c2CCCCC3)c1. The second kappa shape index (κ2) is 10.4. The number of carbonyl (C=O) groups is 3. The first-order valence-corrected chi connectivity index (χ1v) is 11.3. The van der Waals surface area contributed by atoms with Crippen molar-refractivity contribution in [1.82, 2.24) is 0 Å². The van der Waals surface area contributed by atoms with Crippen LogP contribution in [0.5, 0.6) is 5.75 Å². The molecule has 8 heteroatoms. The van der Waals surface area contributed by atoms with Crippen LogP contribution >= 0.6 is 11.3 Å². The first kappa shape index (κ1) is 22.8. The van der Waals surface area contributed by atoms with Crippen LogP contribution in [-0.4, -0.2) is 30.0 Å². The number of ether oxygens (including phenoxy) is 1. The molecular weight excluding hydrogens is 416 g/mol. The summed E-state index contributed by atoms with van der Waals surface area (Å²) in [4.78, 5) is 37.8. The molecular formula is C23H28N2O5S. The van der Waals surface area contributed by atoms with Gasteiger partial charge in [-0.15, -0.1) is 11.3 Å². The molecule has 0 saturated heterocycles. The van der Waals surface area contributed by atoms with Gasteiger partial charge in [-0.05, 0) is 49.3 Å². The number of carboxylic acids is 1. The van der Waals surface area contributed by atoms with Crippen LogP contribution in [0.3, 0.4) is 0 Å². The number of rotatable bonds is 8. The van der Waals surface area contributed by atoms with Crippen LogP contribution in [0.4, 0.5) is 10.7 Å². The Hall–Kier alpha value is -2.87. The van der Waals surface area contributed by atoms with Crippen molar-refractivity contribution in [1.29, 1.82) is 0 Å². The highest BCUT2D eigenvalue weighted by molar-refractivity contribution is 7.17. The third kappa shape index (κ3) is 6.07. The molecule has 0 unspecified atom stereocenters. The second-order valence-corrected chi connectivity index (χ2v) is 9.02. The van der Waals surface area contributed by atoms with Gasteiger partial charge in [0.15, 0.2) is 0 Å². The lowest BCUT2D eigenvalue weighted by Crippen LogP contribution is -2.20. The molecule has 0 spiro atoms. The average Bonchev–Trinajstić information content (AvgIpc) is 2.87. The number of benzene rings is 1. The van der Waals surface area contributed by atoms with E-state index >= 15 is 0 Å². The number of fused-ring (bicyclic) bond motifs is 1. The maximum absolute atomic E-state index is 13.3.